The molecule has 0 unspecified atom stereocenters. The topological polar surface area (TPSA) is 111 Å². The molecule has 200 valence electrons. The fourth-order valence-corrected chi connectivity index (χ4v) is 5.74. The molecule has 2 aliphatic rings. The number of hydrogen-bond donors (Lipinski definition) is 1. The SMILES string of the molecule is Cn1cc(-c2ccc3c(c2)CC[C@@H]3C(=O)N(CC(=O)N2Cc3sccc3OC[C@H]2C(F)(F)F)C(N)=O)cn1. The van der Waals surface area contributed by atoms with Gasteiger partial charge in [-0.2, -0.15) is 18.3 Å². The average Bonchev–Trinajstić information content (AvgIpc) is 3.57. The summed E-state index contributed by atoms with van der Waals surface area (Å²) in [6.07, 6.45) is -0.255. The number of benzene rings is 1. The van der Waals surface area contributed by atoms with Crippen LogP contribution in [0, 0.1) is 0 Å². The van der Waals surface area contributed by atoms with E-state index in [-0.39, 0.29) is 12.3 Å². The summed E-state index contributed by atoms with van der Waals surface area (Å²) < 4.78 is 48.5. The van der Waals surface area contributed by atoms with Crippen molar-refractivity contribution in [2.24, 2.45) is 12.8 Å². The zero-order chi connectivity index (χ0) is 27.2. The van der Waals surface area contributed by atoms with Crippen molar-refractivity contribution in [2.45, 2.75) is 37.5 Å². The number of carbonyl (C=O) groups is 3. The number of alkyl halides is 3. The summed E-state index contributed by atoms with van der Waals surface area (Å²) in [6.45, 7) is -2.06. The summed E-state index contributed by atoms with van der Waals surface area (Å²) in [5, 5.41) is 5.82. The van der Waals surface area contributed by atoms with Crippen LogP contribution in [-0.4, -0.2) is 62.8 Å². The van der Waals surface area contributed by atoms with E-state index in [4.69, 9.17) is 10.5 Å². The standard InChI is InChI=1S/C25H24F3N5O4S/c1-31-10-16(9-30-31)14-2-4-17-15(8-14)3-5-18(17)23(35)33(24(29)36)12-22(34)32-11-20-19(6-7-38-20)37-13-21(32)25(26,27)28/h2,4,6-10,18,21H,3,5,11-13H2,1H3,(H2,29,36)/t18-,21-/m0/s1. The molecule has 2 aromatic heterocycles. The first kappa shape index (κ1) is 25.8. The third-order valence-corrected chi connectivity index (χ3v) is 7.76. The molecule has 0 radical (unpaired) electrons. The number of carbonyl (C=O) groups excluding carboxylic acids is 3. The third kappa shape index (κ3) is 4.85. The number of nitrogens with two attached hydrogens (primary N) is 1. The Morgan fingerprint density at radius 1 is 1.24 bits per heavy atom. The van der Waals surface area contributed by atoms with Gasteiger partial charge in [-0.3, -0.25) is 19.2 Å². The molecule has 0 spiro atoms. The van der Waals surface area contributed by atoms with Crippen molar-refractivity contribution in [2.75, 3.05) is 13.2 Å². The number of primary amides is 1. The van der Waals surface area contributed by atoms with Crippen LogP contribution in [-0.2, 0) is 29.6 Å². The Hall–Kier alpha value is -3.87. The van der Waals surface area contributed by atoms with Crippen molar-refractivity contribution in [1.29, 1.82) is 0 Å². The number of ether oxygens (including phenoxy) is 1. The zero-order valence-electron chi connectivity index (χ0n) is 20.3. The minimum absolute atomic E-state index is 0.274. The number of aryl methyl sites for hydroxylation is 2. The fraction of sp³-hybridized carbons (Fsp3) is 0.360. The molecule has 13 heteroatoms. The Kier molecular flexibility index (Phi) is 6.63. The van der Waals surface area contributed by atoms with Crippen LogP contribution in [0.25, 0.3) is 11.1 Å². The van der Waals surface area contributed by atoms with Crippen LogP contribution < -0.4 is 10.5 Å². The molecule has 3 heterocycles. The summed E-state index contributed by atoms with van der Waals surface area (Å²) in [4.78, 5) is 40.5. The molecule has 4 amide bonds. The van der Waals surface area contributed by atoms with Gasteiger partial charge in [-0.15, -0.1) is 11.3 Å². The van der Waals surface area contributed by atoms with Crippen molar-refractivity contribution in [1.82, 2.24) is 19.6 Å². The number of thiophene rings is 1. The lowest BCUT2D eigenvalue weighted by molar-refractivity contribution is -0.195. The van der Waals surface area contributed by atoms with Crippen molar-refractivity contribution in [3.05, 3.63) is 58.0 Å². The lowest BCUT2D eigenvalue weighted by Gasteiger charge is -2.32. The average molecular weight is 548 g/mol. The molecule has 1 aromatic carbocycles. The molecule has 2 N–H and O–H groups in total. The summed E-state index contributed by atoms with van der Waals surface area (Å²) >= 11 is 1.15. The molecule has 1 aliphatic carbocycles. The fourth-order valence-electron chi connectivity index (χ4n) is 4.93. The van der Waals surface area contributed by atoms with Gasteiger partial charge in [0.25, 0.3) is 0 Å². The quantitative estimate of drug-likeness (QED) is 0.538. The number of amides is 4. The van der Waals surface area contributed by atoms with Crippen LogP contribution in [0.3, 0.4) is 0 Å². The van der Waals surface area contributed by atoms with Crippen LogP contribution in [0.2, 0.25) is 0 Å². The van der Waals surface area contributed by atoms with E-state index in [1.165, 1.54) is 6.07 Å². The number of hydrogen-bond acceptors (Lipinski definition) is 6. The van der Waals surface area contributed by atoms with E-state index in [1.807, 2.05) is 18.3 Å². The van der Waals surface area contributed by atoms with Gasteiger partial charge in [0.15, 0.2) is 6.04 Å². The van der Waals surface area contributed by atoms with Gasteiger partial charge in [-0.25, -0.2) is 4.79 Å². The number of halogens is 3. The maximum Gasteiger partial charge on any atom is 0.412 e. The van der Waals surface area contributed by atoms with Gasteiger partial charge in [-0.05, 0) is 41.0 Å². The molecule has 0 bridgehead atoms. The van der Waals surface area contributed by atoms with E-state index in [9.17, 15) is 27.6 Å². The first-order valence-electron chi connectivity index (χ1n) is 11.8. The molecule has 3 aromatic rings. The smallest absolute Gasteiger partial charge is 0.412 e. The van der Waals surface area contributed by atoms with Crippen molar-refractivity contribution in [3.63, 3.8) is 0 Å². The highest BCUT2D eigenvalue weighted by Crippen LogP contribution is 2.38. The van der Waals surface area contributed by atoms with Gasteiger partial charge in [0.05, 0.1) is 23.5 Å². The van der Waals surface area contributed by atoms with Gasteiger partial charge in [0.2, 0.25) is 11.8 Å². The van der Waals surface area contributed by atoms with Crippen LogP contribution in [0.1, 0.15) is 28.3 Å². The van der Waals surface area contributed by atoms with Crippen molar-refractivity contribution >= 4 is 29.2 Å². The Labute approximate surface area is 219 Å². The predicted molar refractivity (Wildman–Crippen MR) is 131 cm³/mol. The number of imide groups is 1. The zero-order valence-corrected chi connectivity index (χ0v) is 21.1. The summed E-state index contributed by atoms with van der Waals surface area (Å²) in [5.41, 5.74) is 8.89. The minimum atomic E-state index is -4.78. The largest absolute Gasteiger partial charge is 0.490 e. The van der Waals surface area contributed by atoms with E-state index in [1.54, 1.807) is 29.4 Å². The summed E-state index contributed by atoms with van der Waals surface area (Å²) in [6, 6.07) is 3.68. The molecule has 38 heavy (non-hydrogen) atoms. The van der Waals surface area contributed by atoms with E-state index in [0.717, 1.165) is 28.0 Å². The van der Waals surface area contributed by atoms with Gasteiger partial charge in [0.1, 0.15) is 18.9 Å². The third-order valence-electron chi connectivity index (χ3n) is 6.87. The molecule has 1 aliphatic heterocycles. The molecular formula is C25H24F3N5O4S. The maximum absolute atomic E-state index is 13.8. The summed E-state index contributed by atoms with van der Waals surface area (Å²) in [7, 11) is 1.81. The highest BCUT2D eigenvalue weighted by atomic mass is 32.1. The number of nitrogens with zero attached hydrogens (tertiary/aromatic N) is 4. The van der Waals surface area contributed by atoms with Crippen molar-refractivity contribution in [3.8, 4) is 16.9 Å². The number of urea groups is 1. The lowest BCUT2D eigenvalue weighted by atomic mass is 9.97. The highest BCUT2D eigenvalue weighted by Gasteiger charge is 2.48. The summed E-state index contributed by atoms with van der Waals surface area (Å²) in [5.74, 6) is -2.24. The first-order chi connectivity index (χ1) is 18.0. The lowest BCUT2D eigenvalue weighted by Crippen LogP contribution is -2.55. The molecule has 0 fully saturated rings. The number of aromatic nitrogens is 2. The Bertz CT molecular complexity index is 1400. The molecule has 0 saturated heterocycles. The number of rotatable bonds is 4. The van der Waals surface area contributed by atoms with Gasteiger partial charge in [0, 0.05) is 18.8 Å². The molecule has 2 atom stereocenters. The van der Waals surface area contributed by atoms with Crippen LogP contribution in [0.4, 0.5) is 18.0 Å². The minimum Gasteiger partial charge on any atom is -0.490 e. The van der Waals surface area contributed by atoms with Crippen LogP contribution in [0.15, 0.2) is 42.0 Å². The van der Waals surface area contributed by atoms with Gasteiger partial charge in [-0.1, -0.05) is 18.2 Å². The number of fused-ring (bicyclic) bond motifs is 2. The molecule has 0 saturated carbocycles. The predicted octanol–water partition coefficient (Wildman–Crippen LogP) is 3.44. The van der Waals surface area contributed by atoms with Crippen molar-refractivity contribution < 1.29 is 32.3 Å². The second-order valence-electron chi connectivity index (χ2n) is 9.27. The van der Waals surface area contributed by atoms with Crippen LogP contribution in [0.5, 0.6) is 5.75 Å². The molecule has 9 nitrogen and oxygen atoms in total. The van der Waals surface area contributed by atoms with E-state index in [2.05, 4.69) is 5.10 Å². The second-order valence-corrected chi connectivity index (χ2v) is 10.3. The normalized spacial score (nSPS) is 18.8. The van der Waals surface area contributed by atoms with Crippen LogP contribution >= 0.6 is 11.3 Å². The van der Waals surface area contributed by atoms with E-state index < -0.39 is 49.1 Å². The molecular weight excluding hydrogens is 523 g/mol. The first-order valence-corrected chi connectivity index (χ1v) is 12.7. The maximum atomic E-state index is 13.8. The Morgan fingerprint density at radius 2 is 2.03 bits per heavy atom. The monoisotopic (exact) mass is 547 g/mol. The van der Waals surface area contributed by atoms with E-state index >= 15 is 0 Å². The molecule has 5 rings (SSSR count). The highest BCUT2D eigenvalue weighted by molar-refractivity contribution is 7.10. The Balaban J connectivity index is 1.37. The van der Waals surface area contributed by atoms with Gasteiger partial charge < -0.3 is 15.4 Å². The van der Waals surface area contributed by atoms with E-state index in [0.29, 0.717) is 33.1 Å². The van der Waals surface area contributed by atoms with Gasteiger partial charge >= 0.3 is 12.2 Å². The second kappa shape index (κ2) is 9.78. The Morgan fingerprint density at radius 3 is 2.71 bits per heavy atom.